The van der Waals surface area contributed by atoms with Crippen LogP contribution >= 0.6 is 0 Å². The Morgan fingerprint density at radius 1 is 0.478 bits per heavy atom. The van der Waals surface area contributed by atoms with Crippen molar-refractivity contribution in [3.05, 3.63) is 136 Å². The van der Waals surface area contributed by atoms with E-state index in [4.69, 9.17) is 18.9 Å². The lowest BCUT2D eigenvalue weighted by Gasteiger charge is -2.57. The van der Waals surface area contributed by atoms with Crippen LogP contribution in [0.2, 0.25) is 0 Å². The van der Waals surface area contributed by atoms with Crippen molar-refractivity contribution < 1.29 is 18.9 Å². The summed E-state index contributed by atoms with van der Waals surface area (Å²) in [5, 5.41) is 43.4. The molecule has 0 heterocycles. The van der Waals surface area contributed by atoms with Gasteiger partial charge in [0.05, 0.1) is 46.0 Å². The van der Waals surface area contributed by atoms with Gasteiger partial charge in [0.25, 0.3) is 0 Å². The number of allylic oxidation sites excluding steroid dienone is 3. The lowest BCUT2D eigenvalue weighted by atomic mass is 9.38. The van der Waals surface area contributed by atoms with E-state index < -0.39 is 10.8 Å². The Morgan fingerprint density at radius 2 is 0.804 bits per heavy atom. The summed E-state index contributed by atoms with van der Waals surface area (Å²) < 4.78 is 21.6. The summed E-state index contributed by atoms with van der Waals surface area (Å²) in [7, 11) is 6.20. The molecule has 46 heavy (non-hydrogen) atoms. The SMILES string of the molecule is COc1ccc(C(=C2C(=C(C#N)C#N)C(c3ccc(OC)cc3)(c3ccc(OC)cc3)C2(C#N)C#N)c2ccc(OC)cc2)cc1. The van der Waals surface area contributed by atoms with Crippen LogP contribution < -0.4 is 18.9 Å². The Kier molecular flexibility index (Phi) is 8.50. The highest BCUT2D eigenvalue weighted by molar-refractivity contribution is 5.95. The molecular weight excluding hydrogens is 576 g/mol. The normalized spacial score (nSPS) is 13.8. The van der Waals surface area contributed by atoms with E-state index in [0.29, 0.717) is 50.8 Å². The molecule has 1 saturated carbocycles. The molecule has 0 atom stereocenters. The highest BCUT2D eigenvalue weighted by Crippen LogP contribution is 2.70. The molecular formula is C38H28N4O4. The van der Waals surface area contributed by atoms with Crippen molar-refractivity contribution in [2.75, 3.05) is 28.4 Å². The summed E-state index contributed by atoms with van der Waals surface area (Å²) in [6.07, 6.45) is 0. The number of methoxy groups -OCH3 is 4. The average Bonchev–Trinajstić information content (AvgIpc) is 3.12. The van der Waals surface area contributed by atoms with Crippen LogP contribution in [0.3, 0.4) is 0 Å². The second-order valence-electron chi connectivity index (χ2n) is 10.4. The number of nitrogens with zero attached hydrogens (tertiary/aromatic N) is 4. The van der Waals surface area contributed by atoms with Gasteiger partial charge in [-0.25, -0.2) is 0 Å². The molecule has 8 heteroatoms. The van der Waals surface area contributed by atoms with Gasteiger partial charge in [0, 0.05) is 11.1 Å². The summed E-state index contributed by atoms with van der Waals surface area (Å²) >= 11 is 0. The molecule has 0 radical (unpaired) electrons. The molecule has 1 aliphatic rings. The van der Waals surface area contributed by atoms with Crippen molar-refractivity contribution in [1.82, 2.24) is 0 Å². The molecule has 0 unspecified atom stereocenters. The van der Waals surface area contributed by atoms with Crippen molar-refractivity contribution in [3.8, 4) is 47.3 Å². The van der Waals surface area contributed by atoms with E-state index in [0.717, 1.165) is 0 Å². The van der Waals surface area contributed by atoms with Crippen LogP contribution in [0, 0.1) is 50.7 Å². The maximum Gasteiger partial charge on any atom is 0.187 e. The Balaban J connectivity index is 2.02. The zero-order chi connectivity index (χ0) is 32.9. The van der Waals surface area contributed by atoms with Crippen LogP contribution in [-0.2, 0) is 5.41 Å². The smallest absolute Gasteiger partial charge is 0.187 e. The number of ether oxygens (including phenoxy) is 4. The predicted octanol–water partition coefficient (Wildman–Crippen LogP) is 6.90. The fourth-order valence-corrected chi connectivity index (χ4v) is 6.29. The quantitative estimate of drug-likeness (QED) is 0.198. The van der Waals surface area contributed by atoms with E-state index in [2.05, 4.69) is 24.3 Å². The molecule has 1 fully saturated rings. The van der Waals surface area contributed by atoms with Crippen molar-refractivity contribution in [2.24, 2.45) is 5.41 Å². The number of nitriles is 4. The van der Waals surface area contributed by atoms with Gasteiger partial charge in [-0.1, -0.05) is 48.5 Å². The molecule has 0 spiro atoms. The Labute approximate surface area is 267 Å². The van der Waals surface area contributed by atoms with Gasteiger partial charge in [0.15, 0.2) is 5.41 Å². The van der Waals surface area contributed by atoms with Gasteiger partial charge in [-0.15, -0.1) is 0 Å². The van der Waals surface area contributed by atoms with Gasteiger partial charge < -0.3 is 18.9 Å². The van der Waals surface area contributed by atoms with E-state index in [1.165, 1.54) is 14.2 Å². The molecule has 5 rings (SSSR count). The first-order valence-corrected chi connectivity index (χ1v) is 14.1. The summed E-state index contributed by atoms with van der Waals surface area (Å²) in [6, 6.07) is 37.2. The largest absolute Gasteiger partial charge is 0.497 e. The van der Waals surface area contributed by atoms with Crippen LogP contribution in [0.15, 0.2) is 114 Å². The summed E-state index contributed by atoms with van der Waals surface area (Å²) in [4.78, 5) is 0. The third kappa shape index (κ3) is 4.58. The van der Waals surface area contributed by atoms with Crippen LogP contribution in [0.4, 0.5) is 0 Å². The van der Waals surface area contributed by atoms with Crippen LogP contribution in [0.1, 0.15) is 22.3 Å². The van der Waals surface area contributed by atoms with E-state index in [9.17, 15) is 21.0 Å². The average molecular weight is 605 g/mol. The second kappa shape index (κ2) is 12.6. The zero-order valence-corrected chi connectivity index (χ0v) is 25.7. The van der Waals surface area contributed by atoms with Crippen LogP contribution in [-0.4, -0.2) is 28.4 Å². The monoisotopic (exact) mass is 604 g/mol. The third-order valence-electron chi connectivity index (χ3n) is 8.42. The topological polar surface area (TPSA) is 132 Å². The third-order valence-corrected chi connectivity index (χ3v) is 8.42. The molecule has 0 aliphatic heterocycles. The zero-order valence-electron chi connectivity index (χ0n) is 25.7. The minimum Gasteiger partial charge on any atom is -0.497 e. The Bertz CT molecular complexity index is 1870. The van der Waals surface area contributed by atoms with Crippen molar-refractivity contribution in [2.45, 2.75) is 5.41 Å². The maximum absolute atomic E-state index is 11.2. The van der Waals surface area contributed by atoms with Crippen LogP contribution in [0.25, 0.3) is 5.57 Å². The van der Waals surface area contributed by atoms with Gasteiger partial charge in [-0.3, -0.25) is 0 Å². The molecule has 0 saturated heterocycles. The Hall–Kier alpha value is -6.48. The molecule has 0 bridgehead atoms. The molecule has 224 valence electrons. The summed E-state index contributed by atoms with van der Waals surface area (Å²) in [5.74, 6) is 2.34. The maximum atomic E-state index is 11.2. The van der Waals surface area contributed by atoms with E-state index >= 15 is 0 Å². The molecule has 1 aliphatic carbocycles. The fraction of sp³-hybridized carbons (Fsp3) is 0.158. The van der Waals surface area contributed by atoms with Crippen molar-refractivity contribution in [3.63, 3.8) is 0 Å². The van der Waals surface area contributed by atoms with Gasteiger partial charge in [-0.05, 0) is 76.4 Å². The highest BCUT2D eigenvalue weighted by Gasteiger charge is 2.71. The van der Waals surface area contributed by atoms with Gasteiger partial charge in [0.2, 0.25) is 0 Å². The molecule has 8 nitrogen and oxygen atoms in total. The highest BCUT2D eigenvalue weighted by atomic mass is 16.5. The second-order valence-corrected chi connectivity index (χ2v) is 10.4. The first-order chi connectivity index (χ1) is 22.4. The van der Waals surface area contributed by atoms with Gasteiger partial charge >= 0.3 is 0 Å². The number of hydrogen-bond donors (Lipinski definition) is 0. The van der Waals surface area contributed by atoms with Gasteiger partial charge in [0.1, 0.15) is 40.7 Å². The molecule has 0 N–H and O–H groups in total. The van der Waals surface area contributed by atoms with Crippen molar-refractivity contribution >= 4 is 5.57 Å². The van der Waals surface area contributed by atoms with Crippen LogP contribution in [0.5, 0.6) is 23.0 Å². The minimum absolute atomic E-state index is 0.220. The molecule has 0 amide bonds. The first kappa shape index (κ1) is 31.0. The number of rotatable bonds is 8. The molecule has 0 aromatic heterocycles. The van der Waals surface area contributed by atoms with Gasteiger partial charge in [-0.2, -0.15) is 21.0 Å². The number of hydrogen-bond acceptors (Lipinski definition) is 8. The van der Waals surface area contributed by atoms with E-state index in [1.807, 2.05) is 24.3 Å². The molecule has 4 aromatic rings. The van der Waals surface area contributed by atoms with E-state index in [-0.39, 0.29) is 16.7 Å². The van der Waals surface area contributed by atoms with Crippen molar-refractivity contribution in [1.29, 1.82) is 21.0 Å². The number of benzene rings is 4. The lowest BCUT2D eigenvalue weighted by Crippen LogP contribution is -2.59. The molecule has 4 aromatic carbocycles. The minimum atomic E-state index is -1.92. The predicted molar refractivity (Wildman–Crippen MR) is 171 cm³/mol. The Morgan fingerprint density at radius 3 is 1.09 bits per heavy atom. The standard InChI is InChI=1S/C38H28N4O4/c1-43-30-13-5-25(6-14-30)34(26-7-15-31(44-2)16-8-26)36-35(27(21-39)22-40)38(37(36,23-41)24-42,28-9-17-32(45-3)18-10-28)29-11-19-33(46-4)20-12-29/h5-20H,1-4H3. The van der Waals surface area contributed by atoms with E-state index in [1.54, 1.807) is 87.0 Å². The summed E-state index contributed by atoms with van der Waals surface area (Å²) in [6.45, 7) is 0. The lowest BCUT2D eigenvalue weighted by molar-refractivity contribution is 0.333. The summed E-state index contributed by atoms with van der Waals surface area (Å²) in [5.41, 5.74) is -0.279. The fourth-order valence-electron chi connectivity index (χ4n) is 6.29. The first-order valence-electron chi connectivity index (χ1n) is 14.1.